The number of carbonyl (C=O) groups excluding carboxylic acids is 4. The summed E-state index contributed by atoms with van der Waals surface area (Å²) in [7, 11) is 1.69. The van der Waals surface area contributed by atoms with Crippen LogP contribution in [0.5, 0.6) is 0 Å². The largest absolute Gasteiger partial charge is 0.490 e. The van der Waals surface area contributed by atoms with Gasteiger partial charge >= 0.3 is 36.4 Å². The number of primary amides is 1. The molecular formula is C42H46F9N13O10. The lowest BCUT2D eigenvalue weighted by Crippen LogP contribution is -2.25. The van der Waals surface area contributed by atoms with Gasteiger partial charge in [-0.3, -0.25) is 39.2 Å². The molecular weight excluding hydrogens is 1020 g/mol. The van der Waals surface area contributed by atoms with Gasteiger partial charge in [0.2, 0.25) is 23.7 Å². The number of nitrogens with one attached hydrogen (secondary N) is 4. The Labute approximate surface area is 410 Å². The Morgan fingerprint density at radius 2 is 1.05 bits per heavy atom. The van der Waals surface area contributed by atoms with Crippen LogP contribution >= 0.6 is 0 Å². The second kappa shape index (κ2) is 25.2. The first-order valence-electron chi connectivity index (χ1n) is 21.2. The number of hydrogen-bond donors (Lipinski definition) is 8. The number of halogens is 9. The van der Waals surface area contributed by atoms with Gasteiger partial charge in [0, 0.05) is 31.7 Å². The number of aryl methyl sites for hydroxylation is 6. The molecule has 0 saturated heterocycles. The number of para-hydroxylation sites is 1. The topological polar surface area (TPSA) is 326 Å². The highest BCUT2D eigenvalue weighted by Crippen LogP contribution is 2.29. The highest BCUT2D eigenvalue weighted by Gasteiger charge is 2.39. The number of nitrogens with zero attached hydrogens (tertiary/aromatic N) is 8. The molecule has 0 spiro atoms. The molecule has 4 aromatic heterocycles. The Hall–Kier alpha value is -8.58. The zero-order chi connectivity index (χ0) is 56.0. The van der Waals surface area contributed by atoms with E-state index in [4.69, 9.17) is 40.4 Å². The fraction of sp³-hybridized carbons (Fsp3) is 0.357. The molecule has 0 fully saturated rings. The van der Waals surface area contributed by atoms with Crippen molar-refractivity contribution in [3.8, 4) is 0 Å². The molecule has 32 heteroatoms. The maximum absolute atomic E-state index is 13.5. The van der Waals surface area contributed by atoms with E-state index < -0.39 is 42.3 Å². The Balaban J connectivity index is 0.000000576. The number of anilines is 3. The van der Waals surface area contributed by atoms with Crippen molar-refractivity contribution >= 4 is 81.2 Å². The molecule has 9 N–H and O–H groups in total. The average Bonchev–Trinajstić information content (AvgIpc) is 4.07. The summed E-state index contributed by atoms with van der Waals surface area (Å²) in [6.45, 7) is 9.56. The number of imidazole rings is 2. The fourth-order valence-corrected chi connectivity index (χ4v) is 6.34. The third-order valence-electron chi connectivity index (χ3n) is 9.48. The van der Waals surface area contributed by atoms with Crippen LogP contribution in [0.1, 0.15) is 69.4 Å². The third kappa shape index (κ3) is 16.5. The van der Waals surface area contributed by atoms with Crippen molar-refractivity contribution in [3.05, 3.63) is 76.9 Å². The minimum atomic E-state index is -5.08. The summed E-state index contributed by atoms with van der Waals surface area (Å²) in [4.78, 5) is 87.6. The van der Waals surface area contributed by atoms with Crippen molar-refractivity contribution in [1.29, 1.82) is 0 Å². The van der Waals surface area contributed by atoms with E-state index in [1.165, 1.54) is 0 Å². The van der Waals surface area contributed by atoms with Crippen LogP contribution in [0.15, 0.2) is 48.5 Å². The minimum absolute atomic E-state index is 0.123. The van der Waals surface area contributed by atoms with E-state index in [1.807, 2.05) is 49.0 Å². The van der Waals surface area contributed by atoms with E-state index in [-0.39, 0.29) is 24.3 Å². The molecule has 6 aromatic rings. The van der Waals surface area contributed by atoms with Crippen molar-refractivity contribution in [3.63, 3.8) is 0 Å². The number of rotatable bonds is 15. The van der Waals surface area contributed by atoms with Gasteiger partial charge < -0.3 is 40.8 Å². The highest BCUT2D eigenvalue weighted by molar-refractivity contribution is 6.05. The number of carboxylic acids is 3. The molecule has 4 heterocycles. The summed E-state index contributed by atoms with van der Waals surface area (Å²) in [5.74, 6) is -9.15. The minimum Gasteiger partial charge on any atom is -0.475 e. The maximum Gasteiger partial charge on any atom is 0.490 e. The second-order valence-corrected chi connectivity index (χ2v) is 15.0. The molecule has 74 heavy (non-hydrogen) atoms. The van der Waals surface area contributed by atoms with Gasteiger partial charge in [0.1, 0.15) is 16.9 Å². The van der Waals surface area contributed by atoms with E-state index in [1.54, 1.807) is 52.8 Å². The number of aliphatic carboxylic acids is 3. The molecule has 0 aliphatic carbocycles. The van der Waals surface area contributed by atoms with Crippen LogP contribution < -0.4 is 27.0 Å². The number of benzene rings is 2. The molecule has 4 amide bonds. The maximum atomic E-state index is 13.5. The van der Waals surface area contributed by atoms with Crippen molar-refractivity contribution in [1.82, 2.24) is 44.0 Å². The molecule has 0 radical (unpaired) electrons. The number of alkyl halides is 9. The molecule has 6 rings (SSSR count). The van der Waals surface area contributed by atoms with Crippen LogP contribution in [0.3, 0.4) is 0 Å². The van der Waals surface area contributed by atoms with Crippen LogP contribution in [0, 0.1) is 13.8 Å². The molecule has 402 valence electrons. The van der Waals surface area contributed by atoms with Crippen molar-refractivity contribution in [2.75, 3.05) is 29.5 Å². The van der Waals surface area contributed by atoms with E-state index in [0.717, 1.165) is 22.4 Å². The van der Waals surface area contributed by atoms with Gasteiger partial charge in [-0.05, 0) is 90.0 Å². The summed E-state index contributed by atoms with van der Waals surface area (Å²) in [5, 5.41) is 41.9. The molecule has 23 nitrogen and oxygen atoms in total. The summed E-state index contributed by atoms with van der Waals surface area (Å²) in [6, 6.07) is 13.9. The Kier molecular flexibility index (Phi) is 20.3. The quantitative estimate of drug-likeness (QED) is 0.0460. The number of nitrogens with two attached hydrogens (primary N) is 1. The van der Waals surface area contributed by atoms with E-state index in [2.05, 4.69) is 36.4 Å². The summed E-state index contributed by atoms with van der Waals surface area (Å²) < 4.78 is 102. The zero-order valence-electron chi connectivity index (χ0n) is 39.3. The lowest BCUT2D eigenvalue weighted by atomic mass is 10.2. The number of amides is 4. The monoisotopic (exact) mass is 1060 g/mol. The Bertz CT molecular complexity index is 2950. The highest BCUT2D eigenvalue weighted by atomic mass is 19.4. The van der Waals surface area contributed by atoms with Crippen LogP contribution in [-0.4, -0.2) is 128 Å². The normalized spacial score (nSPS) is 11.3. The van der Waals surface area contributed by atoms with Gasteiger partial charge in [-0.25, -0.2) is 24.4 Å². The van der Waals surface area contributed by atoms with Gasteiger partial charge in [0.05, 0.1) is 40.2 Å². The summed E-state index contributed by atoms with van der Waals surface area (Å²) in [6.07, 6.45) is -14.0. The fourth-order valence-electron chi connectivity index (χ4n) is 6.34. The Morgan fingerprint density at radius 3 is 1.46 bits per heavy atom. The van der Waals surface area contributed by atoms with Crippen molar-refractivity contribution in [2.45, 2.75) is 85.2 Å². The molecule has 2 aromatic carbocycles. The van der Waals surface area contributed by atoms with Crippen LogP contribution in [-0.2, 0) is 45.4 Å². The van der Waals surface area contributed by atoms with Gasteiger partial charge in [-0.1, -0.05) is 6.07 Å². The zero-order valence-corrected chi connectivity index (χ0v) is 39.3. The summed E-state index contributed by atoms with van der Waals surface area (Å²) >= 11 is 0. The van der Waals surface area contributed by atoms with Gasteiger partial charge in [-0.15, -0.1) is 0 Å². The first kappa shape index (κ1) is 59.7. The average molecular weight is 1060 g/mol. The number of fused-ring (bicyclic) bond motifs is 2. The third-order valence-corrected chi connectivity index (χ3v) is 9.48. The number of aromatic nitrogens is 8. The van der Waals surface area contributed by atoms with Crippen LogP contribution in [0.2, 0.25) is 0 Å². The van der Waals surface area contributed by atoms with Gasteiger partial charge in [0.15, 0.2) is 0 Å². The lowest BCUT2D eigenvalue weighted by molar-refractivity contribution is -0.193. The van der Waals surface area contributed by atoms with Gasteiger partial charge in [0.25, 0.3) is 11.8 Å². The molecule has 0 saturated carbocycles. The lowest BCUT2D eigenvalue weighted by Gasteiger charge is -2.13. The smallest absolute Gasteiger partial charge is 0.475 e. The van der Waals surface area contributed by atoms with Crippen LogP contribution in [0.4, 0.5) is 57.1 Å². The molecule has 0 atom stereocenters. The number of hydrogen-bond acceptors (Lipinski definition) is 12. The summed E-state index contributed by atoms with van der Waals surface area (Å²) in [5.41, 5.74) is 11.1. The van der Waals surface area contributed by atoms with Crippen molar-refractivity contribution < 1.29 is 88.4 Å². The SMILES string of the molecule is CCn1nc(C)cc1C(=O)Nc1nc2cc(C(N)=O)ccc2n1CCCCn1c(NC(=O)c2cc(C)nn2CC)nc2c(NC(=O)CNC)cccc21.O=C(O)C(F)(F)F.O=C(O)C(F)(F)F.O=C(O)C(F)(F)F. The van der Waals surface area contributed by atoms with Crippen LogP contribution in [0.25, 0.3) is 22.1 Å². The van der Waals surface area contributed by atoms with E-state index in [0.29, 0.717) is 84.6 Å². The standard InChI is InChI=1S/C36H43N13O4.3C2HF3O2/c1-6-48-28(17-21(3)44-48)33(52)42-35-40-25-19-23(32(37)51)13-14-26(25)46(35)15-8-9-16-47-27-12-10-11-24(39-30(50)20-38-5)31(27)41-36(47)43-34(53)29-18-22(4)45-49(29)7-2;3*3-2(4,5)1(6)7/h10-14,17-19,38H,6-9,15-16,20H2,1-5H3,(H2,37,51)(H,39,50)(H,40,42,52)(H,41,43,53);3*(H,6,7). The first-order valence-corrected chi connectivity index (χ1v) is 21.2. The number of likely N-dealkylation sites (N-methyl/N-ethyl adjacent to an activating group) is 1. The molecule has 0 bridgehead atoms. The second-order valence-electron chi connectivity index (χ2n) is 15.0. The number of carboxylic acid groups (broad SMARTS) is 3. The molecule has 0 aliphatic rings. The predicted molar refractivity (Wildman–Crippen MR) is 242 cm³/mol. The molecule has 0 unspecified atom stereocenters. The molecule has 0 aliphatic heterocycles. The number of carbonyl (C=O) groups is 7. The number of unbranched alkanes of at least 4 members (excludes halogenated alkanes) is 1. The van der Waals surface area contributed by atoms with E-state index in [9.17, 15) is 58.7 Å². The predicted octanol–water partition coefficient (Wildman–Crippen LogP) is 5.58. The van der Waals surface area contributed by atoms with Gasteiger partial charge in [-0.2, -0.15) is 49.7 Å². The first-order chi connectivity index (χ1) is 34.3. The Morgan fingerprint density at radius 1 is 0.622 bits per heavy atom. The van der Waals surface area contributed by atoms with Crippen molar-refractivity contribution in [2.24, 2.45) is 5.73 Å². The van der Waals surface area contributed by atoms with E-state index >= 15 is 0 Å².